The first kappa shape index (κ1) is 13.8. The Bertz CT molecular complexity index is 624. The van der Waals surface area contributed by atoms with Crippen LogP contribution in [0.3, 0.4) is 0 Å². The lowest BCUT2D eigenvalue weighted by Crippen LogP contribution is -1.94. The third-order valence-electron chi connectivity index (χ3n) is 2.55. The minimum Gasteiger partial charge on any atom is -0.478 e. The van der Waals surface area contributed by atoms with Crippen LogP contribution in [-0.2, 0) is 5.75 Å². The smallest absolute Gasteiger partial charge is 0.339 e. The van der Waals surface area contributed by atoms with Crippen LogP contribution in [0.1, 0.15) is 21.9 Å². The van der Waals surface area contributed by atoms with Crippen LogP contribution in [0, 0.1) is 6.92 Å². The van der Waals surface area contributed by atoms with Gasteiger partial charge in [0.05, 0.1) is 16.5 Å². The zero-order valence-corrected chi connectivity index (χ0v) is 11.7. The van der Waals surface area contributed by atoms with E-state index in [0.717, 1.165) is 4.90 Å². The normalized spacial score (nSPS) is 10.6. The number of halogens is 1. The fourth-order valence-electron chi connectivity index (χ4n) is 1.58. The Labute approximate surface area is 119 Å². The van der Waals surface area contributed by atoms with Gasteiger partial charge in [-0.3, -0.25) is 0 Å². The van der Waals surface area contributed by atoms with Gasteiger partial charge in [0.1, 0.15) is 17.1 Å². The zero-order chi connectivity index (χ0) is 14.0. The molecule has 1 aromatic heterocycles. The average molecular weight is 298 g/mol. The van der Waals surface area contributed by atoms with Crippen molar-refractivity contribution in [3.05, 3.63) is 46.4 Å². The Kier molecular flexibility index (Phi) is 4.07. The van der Waals surface area contributed by atoms with E-state index in [2.05, 4.69) is 0 Å². The van der Waals surface area contributed by atoms with Gasteiger partial charge in [0, 0.05) is 4.90 Å². The van der Waals surface area contributed by atoms with Crippen molar-refractivity contribution in [2.45, 2.75) is 17.6 Å². The van der Waals surface area contributed by atoms with E-state index < -0.39 is 5.97 Å². The predicted molar refractivity (Wildman–Crippen MR) is 75.8 cm³/mol. The lowest BCUT2D eigenvalue weighted by atomic mass is 10.2. The van der Waals surface area contributed by atoms with Crippen molar-refractivity contribution in [2.24, 2.45) is 0 Å². The summed E-state index contributed by atoms with van der Waals surface area (Å²) in [6.07, 6.45) is 0. The van der Waals surface area contributed by atoms with Crippen molar-refractivity contribution in [3.8, 4) is 0 Å². The molecule has 0 bridgehead atoms. The number of anilines is 1. The molecule has 4 nitrogen and oxygen atoms in total. The largest absolute Gasteiger partial charge is 0.478 e. The second-order valence-electron chi connectivity index (χ2n) is 3.96. The molecule has 6 heteroatoms. The first-order valence-corrected chi connectivity index (χ1v) is 6.84. The van der Waals surface area contributed by atoms with Crippen molar-refractivity contribution >= 4 is 35.0 Å². The number of aromatic carboxylic acids is 1. The van der Waals surface area contributed by atoms with Gasteiger partial charge in [0.25, 0.3) is 0 Å². The number of carboxylic acid groups (broad SMARTS) is 1. The van der Waals surface area contributed by atoms with Crippen LogP contribution in [0.5, 0.6) is 0 Å². The number of nitrogen functional groups attached to an aromatic ring is 1. The summed E-state index contributed by atoms with van der Waals surface area (Å²) >= 11 is 7.43. The minimum absolute atomic E-state index is 0.200. The monoisotopic (exact) mass is 297 g/mol. The molecule has 2 rings (SSSR count). The molecule has 1 aromatic carbocycles. The van der Waals surface area contributed by atoms with Gasteiger partial charge in [-0.25, -0.2) is 4.79 Å². The number of rotatable bonds is 4. The fraction of sp³-hybridized carbons (Fsp3) is 0.154. The maximum absolute atomic E-state index is 10.9. The van der Waals surface area contributed by atoms with Crippen molar-refractivity contribution in [1.82, 2.24) is 0 Å². The van der Waals surface area contributed by atoms with Gasteiger partial charge in [0.15, 0.2) is 0 Å². The molecule has 0 fully saturated rings. The third kappa shape index (κ3) is 3.24. The highest BCUT2D eigenvalue weighted by Gasteiger charge is 2.13. The van der Waals surface area contributed by atoms with Crippen molar-refractivity contribution in [2.75, 3.05) is 5.73 Å². The highest BCUT2D eigenvalue weighted by atomic mass is 35.5. The quantitative estimate of drug-likeness (QED) is 0.663. The van der Waals surface area contributed by atoms with Gasteiger partial charge in [0.2, 0.25) is 0 Å². The molecular weight excluding hydrogens is 286 g/mol. The molecule has 0 saturated heterocycles. The lowest BCUT2D eigenvalue weighted by Gasteiger charge is -2.02. The number of benzene rings is 1. The van der Waals surface area contributed by atoms with Gasteiger partial charge in [-0.05, 0) is 31.2 Å². The number of aryl methyl sites for hydroxylation is 1. The Hall–Kier alpha value is -1.59. The first-order chi connectivity index (χ1) is 8.97. The summed E-state index contributed by atoms with van der Waals surface area (Å²) in [7, 11) is 0. The van der Waals surface area contributed by atoms with E-state index in [0.29, 0.717) is 28.0 Å². The van der Waals surface area contributed by atoms with E-state index >= 15 is 0 Å². The lowest BCUT2D eigenvalue weighted by molar-refractivity contribution is 0.0695. The molecule has 0 spiro atoms. The van der Waals surface area contributed by atoms with Crippen LogP contribution in [0.4, 0.5) is 5.69 Å². The number of carbonyl (C=O) groups is 1. The van der Waals surface area contributed by atoms with E-state index in [1.54, 1.807) is 25.1 Å². The molecule has 0 atom stereocenters. The molecule has 0 aliphatic carbocycles. The maximum atomic E-state index is 10.9. The Balaban J connectivity index is 2.08. The molecule has 0 aliphatic rings. The summed E-state index contributed by atoms with van der Waals surface area (Å²) < 4.78 is 5.39. The summed E-state index contributed by atoms with van der Waals surface area (Å²) in [5.74, 6) is 0.591. The van der Waals surface area contributed by atoms with E-state index in [1.165, 1.54) is 11.8 Å². The molecule has 0 amide bonds. The summed E-state index contributed by atoms with van der Waals surface area (Å²) in [6.45, 7) is 1.64. The second kappa shape index (κ2) is 5.59. The minimum atomic E-state index is -0.979. The van der Waals surface area contributed by atoms with Crippen molar-refractivity contribution in [3.63, 3.8) is 0 Å². The van der Waals surface area contributed by atoms with Crippen molar-refractivity contribution < 1.29 is 14.3 Å². The predicted octanol–water partition coefficient (Wildman–Crippen LogP) is 3.81. The van der Waals surface area contributed by atoms with Crippen LogP contribution in [0.15, 0.2) is 33.6 Å². The van der Waals surface area contributed by atoms with Crippen LogP contribution < -0.4 is 5.73 Å². The number of furan rings is 1. The number of thioether (sulfide) groups is 1. The molecule has 0 saturated carbocycles. The topological polar surface area (TPSA) is 76.5 Å². The molecule has 0 aliphatic heterocycles. The van der Waals surface area contributed by atoms with Crippen LogP contribution in [-0.4, -0.2) is 11.1 Å². The maximum Gasteiger partial charge on any atom is 0.339 e. The molecule has 0 unspecified atom stereocenters. The second-order valence-corrected chi connectivity index (χ2v) is 5.42. The Morgan fingerprint density at radius 2 is 2.21 bits per heavy atom. The Morgan fingerprint density at radius 3 is 2.79 bits per heavy atom. The summed E-state index contributed by atoms with van der Waals surface area (Å²) in [6, 6.07) is 6.92. The van der Waals surface area contributed by atoms with E-state index in [4.69, 9.17) is 26.9 Å². The summed E-state index contributed by atoms with van der Waals surface area (Å²) in [5, 5.41) is 9.44. The molecule has 19 heavy (non-hydrogen) atoms. The Morgan fingerprint density at radius 1 is 1.47 bits per heavy atom. The number of nitrogens with two attached hydrogens (primary N) is 1. The van der Waals surface area contributed by atoms with Crippen LogP contribution in [0.2, 0.25) is 5.02 Å². The fourth-order valence-corrected chi connectivity index (χ4v) is 2.64. The summed E-state index contributed by atoms with van der Waals surface area (Å²) in [4.78, 5) is 11.8. The van der Waals surface area contributed by atoms with E-state index in [1.807, 2.05) is 6.07 Å². The molecule has 0 radical (unpaired) electrons. The number of carboxylic acids is 1. The first-order valence-electron chi connectivity index (χ1n) is 5.48. The summed E-state index contributed by atoms with van der Waals surface area (Å²) in [5.41, 5.74) is 6.36. The van der Waals surface area contributed by atoms with E-state index in [-0.39, 0.29) is 5.56 Å². The molecule has 100 valence electrons. The average Bonchev–Trinajstić information content (AvgIpc) is 2.72. The van der Waals surface area contributed by atoms with Crippen LogP contribution in [0.25, 0.3) is 0 Å². The van der Waals surface area contributed by atoms with Gasteiger partial charge < -0.3 is 15.3 Å². The number of hydrogen-bond donors (Lipinski definition) is 2. The van der Waals surface area contributed by atoms with Crippen molar-refractivity contribution in [1.29, 1.82) is 0 Å². The third-order valence-corrected chi connectivity index (χ3v) is 3.90. The molecule has 2 aromatic rings. The van der Waals surface area contributed by atoms with Gasteiger partial charge in [-0.2, -0.15) is 0 Å². The number of hydrogen-bond acceptors (Lipinski definition) is 4. The zero-order valence-electron chi connectivity index (χ0n) is 10.1. The molecule has 1 heterocycles. The highest BCUT2D eigenvalue weighted by molar-refractivity contribution is 7.98. The molecular formula is C13H12ClNO3S. The highest BCUT2D eigenvalue weighted by Crippen LogP contribution is 2.29. The van der Waals surface area contributed by atoms with Crippen LogP contribution >= 0.6 is 23.4 Å². The molecule has 3 N–H and O–H groups in total. The standard InChI is InChI=1S/C13H12ClNO3S/c1-7-10(13(16)17)4-8(18-7)6-19-9-2-3-12(15)11(14)5-9/h2-5H,6,15H2,1H3,(H,16,17). The van der Waals surface area contributed by atoms with E-state index in [9.17, 15) is 4.79 Å². The van der Waals surface area contributed by atoms with Gasteiger partial charge in [-0.1, -0.05) is 11.6 Å². The van der Waals surface area contributed by atoms with Gasteiger partial charge >= 0.3 is 5.97 Å². The van der Waals surface area contributed by atoms with Gasteiger partial charge in [-0.15, -0.1) is 11.8 Å². The SMILES string of the molecule is Cc1oc(CSc2ccc(N)c(Cl)c2)cc1C(=O)O.